The number of thioether (sulfide) groups is 1. The van der Waals surface area contributed by atoms with Gasteiger partial charge in [0.1, 0.15) is 22.9 Å². The van der Waals surface area contributed by atoms with Gasteiger partial charge in [-0.2, -0.15) is 0 Å². The summed E-state index contributed by atoms with van der Waals surface area (Å²) < 4.78 is 18.4. The van der Waals surface area contributed by atoms with Crippen molar-refractivity contribution in [2.45, 2.75) is 52.1 Å². The number of amides is 2. The molecule has 0 aromatic heterocycles. The van der Waals surface area contributed by atoms with Gasteiger partial charge in [-0.15, -0.1) is 11.8 Å². The standard InChI is InChI=1S/C19H25FN2O3S/c1-12(2)26-16-13(3)25-11-22(17(16)23)19(4,5)18(24)21-15-8-6-7-14(9-15)10-20/h6-9,12H,10-11H2,1-5H3,(H,21,24). The summed E-state index contributed by atoms with van der Waals surface area (Å²) in [5.41, 5.74) is -0.161. The van der Waals surface area contributed by atoms with E-state index in [0.29, 0.717) is 21.9 Å². The van der Waals surface area contributed by atoms with Crippen molar-refractivity contribution in [1.29, 1.82) is 0 Å². The number of anilines is 1. The number of allylic oxidation sites excluding steroid dienone is 1. The Morgan fingerprint density at radius 1 is 1.42 bits per heavy atom. The normalized spacial score (nSPS) is 15.3. The molecule has 1 heterocycles. The topological polar surface area (TPSA) is 58.6 Å². The van der Waals surface area contributed by atoms with Crippen LogP contribution in [0.25, 0.3) is 0 Å². The molecular formula is C19H25FN2O3S. The van der Waals surface area contributed by atoms with E-state index in [4.69, 9.17) is 4.74 Å². The Balaban J connectivity index is 2.20. The molecule has 5 nitrogen and oxygen atoms in total. The van der Waals surface area contributed by atoms with E-state index in [-0.39, 0.29) is 23.8 Å². The molecule has 0 saturated carbocycles. The van der Waals surface area contributed by atoms with Gasteiger partial charge in [0.15, 0.2) is 6.73 Å². The molecule has 0 bridgehead atoms. The summed E-state index contributed by atoms with van der Waals surface area (Å²) in [5.74, 6) is 0.000761. The van der Waals surface area contributed by atoms with Crippen molar-refractivity contribution in [2.24, 2.45) is 0 Å². The van der Waals surface area contributed by atoms with E-state index in [9.17, 15) is 14.0 Å². The summed E-state index contributed by atoms with van der Waals surface area (Å²) in [5, 5.41) is 2.98. The Morgan fingerprint density at radius 3 is 2.73 bits per heavy atom. The third-order valence-electron chi connectivity index (χ3n) is 4.09. The summed E-state index contributed by atoms with van der Waals surface area (Å²) in [7, 11) is 0. The second-order valence-corrected chi connectivity index (χ2v) is 8.49. The van der Waals surface area contributed by atoms with Gasteiger partial charge in [-0.3, -0.25) is 14.5 Å². The van der Waals surface area contributed by atoms with Crippen LogP contribution in [0.15, 0.2) is 34.9 Å². The van der Waals surface area contributed by atoms with Crippen LogP contribution in [0.4, 0.5) is 10.1 Å². The van der Waals surface area contributed by atoms with Gasteiger partial charge in [0.05, 0.1) is 0 Å². The van der Waals surface area contributed by atoms with Gasteiger partial charge in [0.2, 0.25) is 5.91 Å². The average molecular weight is 380 g/mol. The molecule has 0 saturated heterocycles. The Kier molecular flexibility index (Phi) is 6.34. The fourth-order valence-electron chi connectivity index (χ4n) is 2.48. The number of nitrogens with one attached hydrogen (secondary N) is 1. The smallest absolute Gasteiger partial charge is 0.267 e. The average Bonchev–Trinajstić information content (AvgIpc) is 2.58. The van der Waals surface area contributed by atoms with Crippen LogP contribution < -0.4 is 5.32 Å². The molecule has 2 rings (SSSR count). The Morgan fingerprint density at radius 2 is 2.12 bits per heavy atom. The first kappa shape index (κ1) is 20.3. The zero-order valence-electron chi connectivity index (χ0n) is 15.8. The van der Waals surface area contributed by atoms with Gasteiger partial charge in [0.25, 0.3) is 5.91 Å². The third-order valence-corrected chi connectivity index (χ3v) is 5.26. The maximum absolute atomic E-state index is 12.9. The Hall–Kier alpha value is -2.02. The SMILES string of the molecule is CC1=C(SC(C)C)C(=O)N(C(C)(C)C(=O)Nc2cccc(CF)c2)CO1. The second kappa shape index (κ2) is 8.12. The highest BCUT2D eigenvalue weighted by molar-refractivity contribution is 8.04. The minimum absolute atomic E-state index is 0.0117. The molecule has 0 spiro atoms. The highest BCUT2D eigenvalue weighted by atomic mass is 32.2. The predicted octanol–water partition coefficient (Wildman–Crippen LogP) is 4.06. The fourth-order valence-corrected chi connectivity index (χ4v) is 3.39. The molecule has 0 radical (unpaired) electrons. The molecule has 0 atom stereocenters. The van der Waals surface area contributed by atoms with Gasteiger partial charge >= 0.3 is 0 Å². The minimum Gasteiger partial charge on any atom is -0.476 e. The van der Waals surface area contributed by atoms with Gasteiger partial charge in [-0.1, -0.05) is 26.0 Å². The highest BCUT2D eigenvalue weighted by Gasteiger charge is 2.42. The summed E-state index contributed by atoms with van der Waals surface area (Å²) in [4.78, 5) is 27.7. The molecule has 0 fully saturated rings. The fraction of sp³-hybridized carbons (Fsp3) is 0.474. The zero-order valence-corrected chi connectivity index (χ0v) is 16.6. The number of nitrogens with zero attached hydrogens (tertiary/aromatic N) is 1. The Bertz CT molecular complexity index is 731. The summed E-state index contributed by atoms with van der Waals surface area (Å²) >= 11 is 1.42. The number of carbonyl (C=O) groups excluding carboxylic acids is 2. The number of halogens is 1. The molecule has 0 aliphatic carbocycles. The number of hydrogen-bond acceptors (Lipinski definition) is 4. The first-order valence-corrected chi connectivity index (χ1v) is 9.33. The van der Waals surface area contributed by atoms with Gasteiger partial charge < -0.3 is 10.1 Å². The molecule has 1 aliphatic rings. The van der Waals surface area contributed by atoms with Crippen molar-refractivity contribution in [3.8, 4) is 0 Å². The lowest BCUT2D eigenvalue weighted by atomic mass is 10.0. The number of hydrogen-bond donors (Lipinski definition) is 1. The molecule has 7 heteroatoms. The third kappa shape index (κ3) is 4.38. The van der Waals surface area contributed by atoms with E-state index in [1.165, 1.54) is 16.7 Å². The van der Waals surface area contributed by atoms with Crippen molar-refractivity contribution < 1.29 is 18.7 Å². The first-order valence-electron chi connectivity index (χ1n) is 8.45. The zero-order chi connectivity index (χ0) is 19.5. The number of rotatable bonds is 6. The van der Waals surface area contributed by atoms with Gasteiger partial charge in [0, 0.05) is 10.9 Å². The monoisotopic (exact) mass is 380 g/mol. The van der Waals surface area contributed by atoms with Crippen LogP contribution in [0.5, 0.6) is 0 Å². The highest BCUT2D eigenvalue weighted by Crippen LogP contribution is 2.33. The van der Waals surface area contributed by atoms with E-state index in [1.54, 1.807) is 45.0 Å². The van der Waals surface area contributed by atoms with Crippen LogP contribution in [0.3, 0.4) is 0 Å². The molecule has 0 unspecified atom stereocenters. The van der Waals surface area contributed by atoms with Crippen LogP contribution in [-0.4, -0.2) is 34.2 Å². The first-order chi connectivity index (χ1) is 12.2. The van der Waals surface area contributed by atoms with E-state index >= 15 is 0 Å². The molecule has 1 aromatic rings. The Labute approximate surface area is 158 Å². The van der Waals surface area contributed by atoms with Crippen LogP contribution >= 0.6 is 11.8 Å². The molecule has 142 valence electrons. The van der Waals surface area contributed by atoms with Crippen molar-refractivity contribution in [3.63, 3.8) is 0 Å². The van der Waals surface area contributed by atoms with Crippen LogP contribution in [0, 0.1) is 0 Å². The van der Waals surface area contributed by atoms with E-state index in [1.807, 2.05) is 13.8 Å². The van der Waals surface area contributed by atoms with Crippen LogP contribution in [0.1, 0.15) is 40.2 Å². The maximum atomic E-state index is 12.9. The van der Waals surface area contributed by atoms with Gasteiger partial charge in [-0.05, 0) is 38.5 Å². The molecule has 1 N–H and O–H groups in total. The van der Waals surface area contributed by atoms with Crippen molar-refractivity contribution in [3.05, 3.63) is 40.5 Å². The lowest BCUT2D eigenvalue weighted by Gasteiger charge is -2.40. The molecule has 1 aliphatic heterocycles. The summed E-state index contributed by atoms with van der Waals surface area (Å²) in [6, 6.07) is 6.58. The summed E-state index contributed by atoms with van der Waals surface area (Å²) in [6.45, 7) is 8.49. The number of alkyl halides is 1. The van der Waals surface area contributed by atoms with Crippen molar-refractivity contribution in [2.75, 3.05) is 12.0 Å². The number of carbonyl (C=O) groups is 2. The largest absolute Gasteiger partial charge is 0.476 e. The van der Waals surface area contributed by atoms with Crippen molar-refractivity contribution in [1.82, 2.24) is 4.90 Å². The van der Waals surface area contributed by atoms with Crippen LogP contribution in [0.2, 0.25) is 0 Å². The molecule has 26 heavy (non-hydrogen) atoms. The predicted molar refractivity (Wildman–Crippen MR) is 102 cm³/mol. The van der Waals surface area contributed by atoms with Crippen LogP contribution in [-0.2, 0) is 21.0 Å². The number of benzene rings is 1. The van der Waals surface area contributed by atoms with E-state index in [2.05, 4.69) is 5.32 Å². The second-order valence-electron chi connectivity index (χ2n) is 6.91. The molecular weight excluding hydrogens is 355 g/mol. The van der Waals surface area contributed by atoms with E-state index in [0.717, 1.165) is 0 Å². The van der Waals surface area contributed by atoms with Crippen molar-refractivity contribution >= 4 is 29.3 Å². The maximum Gasteiger partial charge on any atom is 0.267 e. The minimum atomic E-state index is -1.13. The quantitative estimate of drug-likeness (QED) is 0.808. The molecule has 2 amide bonds. The summed E-state index contributed by atoms with van der Waals surface area (Å²) in [6.07, 6.45) is 0. The van der Waals surface area contributed by atoms with Gasteiger partial charge in [-0.25, -0.2) is 4.39 Å². The lowest BCUT2D eigenvalue weighted by Crippen LogP contribution is -2.57. The number of ether oxygens (including phenoxy) is 1. The van der Waals surface area contributed by atoms with E-state index < -0.39 is 12.2 Å². The molecule has 1 aromatic carbocycles. The lowest BCUT2D eigenvalue weighted by molar-refractivity contribution is -0.148.